The molecule has 0 bridgehead atoms. The third-order valence-corrected chi connectivity index (χ3v) is 5.24. The van der Waals surface area contributed by atoms with E-state index < -0.39 is 0 Å². The van der Waals surface area contributed by atoms with Gasteiger partial charge in [0.05, 0.1) is 0 Å². The summed E-state index contributed by atoms with van der Waals surface area (Å²) in [6.45, 7) is 18.3. The second-order valence-electron chi connectivity index (χ2n) is 6.99. The van der Waals surface area contributed by atoms with Gasteiger partial charge in [-0.15, -0.1) is 0 Å². The molecule has 1 heteroatoms. The van der Waals surface area contributed by atoms with E-state index in [0.717, 1.165) is 13.0 Å². The number of benzene rings is 1. The molecule has 0 spiro atoms. The van der Waals surface area contributed by atoms with E-state index in [9.17, 15) is 0 Å². The number of nitrogens with zero attached hydrogens (tertiary/aromatic N) is 1. The average Bonchev–Trinajstić information content (AvgIpc) is 3.07. The lowest BCUT2D eigenvalue weighted by molar-refractivity contribution is 0.586. The summed E-state index contributed by atoms with van der Waals surface area (Å²) in [5, 5.41) is 2.88. The fourth-order valence-corrected chi connectivity index (χ4v) is 3.47. The number of fused-ring (bicyclic) bond motifs is 1. The Balaban J connectivity index is 0.000000855. The van der Waals surface area contributed by atoms with E-state index in [1.807, 2.05) is 27.7 Å². The first kappa shape index (κ1) is 23.3. The molecule has 0 saturated heterocycles. The van der Waals surface area contributed by atoms with E-state index in [0.29, 0.717) is 11.8 Å². The Morgan fingerprint density at radius 1 is 0.926 bits per heavy atom. The van der Waals surface area contributed by atoms with Gasteiger partial charge in [-0.25, -0.2) is 0 Å². The topological polar surface area (TPSA) is 4.93 Å². The molecule has 1 aromatic heterocycles. The monoisotopic (exact) mass is 367 g/mol. The quantitative estimate of drug-likeness (QED) is 0.575. The van der Waals surface area contributed by atoms with Crippen molar-refractivity contribution in [2.75, 3.05) is 0 Å². The van der Waals surface area contributed by atoms with Crippen LogP contribution >= 0.6 is 0 Å². The average molecular weight is 368 g/mol. The Morgan fingerprint density at radius 3 is 2.22 bits per heavy atom. The first-order valence-electron chi connectivity index (χ1n) is 11.2. The zero-order chi connectivity index (χ0) is 20.4. The summed E-state index contributed by atoms with van der Waals surface area (Å²) in [7, 11) is 0. The summed E-state index contributed by atoms with van der Waals surface area (Å²) < 4.78 is 2.48. The summed E-state index contributed by atoms with van der Waals surface area (Å²) in [6, 6.07) is 9.04. The minimum absolute atomic E-state index is 0.609. The molecule has 1 aliphatic rings. The molecule has 2 unspecified atom stereocenters. The van der Waals surface area contributed by atoms with Crippen LogP contribution in [0.3, 0.4) is 0 Å². The van der Waals surface area contributed by atoms with Crippen molar-refractivity contribution < 1.29 is 0 Å². The Bertz CT molecular complexity index is 794. The van der Waals surface area contributed by atoms with Crippen molar-refractivity contribution in [3.05, 3.63) is 46.6 Å². The molecule has 0 fully saturated rings. The van der Waals surface area contributed by atoms with Crippen molar-refractivity contribution in [1.82, 2.24) is 4.57 Å². The molecule has 1 heterocycles. The molecule has 1 aliphatic carbocycles. The molecule has 2 aromatic rings. The molecular weight excluding hydrogens is 326 g/mol. The maximum atomic E-state index is 2.48. The molecule has 1 nitrogen and oxygen atoms in total. The molecule has 0 radical (unpaired) electrons. The van der Waals surface area contributed by atoms with Crippen molar-refractivity contribution in [3.8, 4) is 11.1 Å². The highest BCUT2D eigenvalue weighted by Crippen LogP contribution is 2.21. The summed E-state index contributed by atoms with van der Waals surface area (Å²) in [5.41, 5.74) is 4.18. The first-order valence-corrected chi connectivity index (χ1v) is 11.2. The Hall–Kier alpha value is -1.76. The van der Waals surface area contributed by atoms with Crippen LogP contribution in [0.2, 0.25) is 0 Å². The standard InChI is InChI=1S/C22H29N.2C2H6/c1-5-7-11-23-15-21(19-10-8-9-18(6-2)14-19)20-12-16(3)17(4)13-22(20)23;2*1-2/h8-10,12-17H,5-7,11H2,1-4H3;2*1-2H3. The van der Waals surface area contributed by atoms with E-state index in [1.54, 1.807) is 0 Å². The SMILES string of the molecule is CC.CC.CCCCn1cc(-c2cccc(CC)c2)c2c1=CC(C)C(C)C=2. The van der Waals surface area contributed by atoms with E-state index in [4.69, 9.17) is 0 Å². The van der Waals surface area contributed by atoms with Crippen LogP contribution in [0.4, 0.5) is 0 Å². The lowest BCUT2D eigenvalue weighted by Gasteiger charge is -2.16. The lowest BCUT2D eigenvalue weighted by Crippen LogP contribution is -2.35. The largest absolute Gasteiger partial charge is 0.347 e. The summed E-state index contributed by atoms with van der Waals surface area (Å²) in [5.74, 6) is 1.23. The van der Waals surface area contributed by atoms with Gasteiger partial charge in [-0.2, -0.15) is 0 Å². The predicted octanol–water partition coefficient (Wildman–Crippen LogP) is 6.42. The molecule has 0 amide bonds. The maximum Gasteiger partial charge on any atom is 0.0446 e. The van der Waals surface area contributed by atoms with E-state index in [-0.39, 0.29) is 0 Å². The second kappa shape index (κ2) is 11.8. The number of aryl methyl sites for hydroxylation is 2. The highest BCUT2D eigenvalue weighted by Gasteiger charge is 2.16. The van der Waals surface area contributed by atoms with Gasteiger partial charge in [-0.1, -0.05) is 98.2 Å². The van der Waals surface area contributed by atoms with Gasteiger partial charge in [0, 0.05) is 28.9 Å². The van der Waals surface area contributed by atoms with Crippen LogP contribution in [0.15, 0.2) is 30.5 Å². The number of aromatic nitrogens is 1. The van der Waals surface area contributed by atoms with Crippen LogP contribution in [0.5, 0.6) is 0 Å². The van der Waals surface area contributed by atoms with Gasteiger partial charge in [-0.3, -0.25) is 0 Å². The summed E-state index contributed by atoms with van der Waals surface area (Å²) in [4.78, 5) is 0. The normalized spacial score (nSPS) is 17.3. The maximum absolute atomic E-state index is 2.48. The molecule has 3 rings (SSSR count). The van der Waals surface area contributed by atoms with Crippen molar-refractivity contribution in [3.63, 3.8) is 0 Å². The van der Waals surface area contributed by atoms with Gasteiger partial charge in [0.2, 0.25) is 0 Å². The van der Waals surface area contributed by atoms with E-state index in [1.165, 1.54) is 40.1 Å². The number of hydrogen-bond acceptors (Lipinski definition) is 0. The molecule has 1 aromatic carbocycles. The molecule has 0 saturated carbocycles. The van der Waals surface area contributed by atoms with Gasteiger partial charge in [0.1, 0.15) is 0 Å². The minimum Gasteiger partial charge on any atom is -0.347 e. The fourth-order valence-electron chi connectivity index (χ4n) is 3.47. The molecule has 2 atom stereocenters. The first-order chi connectivity index (χ1) is 13.1. The zero-order valence-electron chi connectivity index (χ0n) is 19.0. The second-order valence-corrected chi connectivity index (χ2v) is 6.99. The number of rotatable bonds is 5. The van der Waals surface area contributed by atoms with Crippen molar-refractivity contribution in [2.45, 2.75) is 81.2 Å². The summed E-state index contributed by atoms with van der Waals surface area (Å²) in [6.07, 6.45) is 10.9. The van der Waals surface area contributed by atoms with Gasteiger partial charge >= 0.3 is 0 Å². The Morgan fingerprint density at radius 2 is 1.59 bits per heavy atom. The van der Waals surface area contributed by atoms with Gasteiger partial charge in [0.25, 0.3) is 0 Å². The highest BCUT2D eigenvalue weighted by atomic mass is 14.9. The predicted molar refractivity (Wildman–Crippen MR) is 123 cm³/mol. The molecule has 150 valence electrons. The molecule has 27 heavy (non-hydrogen) atoms. The minimum atomic E-state index is 0.609. The van der Waals surface area contributed by atoms with Crippen LogP contribution in [0, 0.1) is 11.8 Å². The van der Waals surface area contributed by atoms with E-state index >= 15 is 0 Å². The van der Waals surface area contributed by atoms with Crippen LogP contribution in [-0.4, -0.2) is 4.57 Å². The van der Waals surface area contributed by atoms with Gasteiger partial charge < -0.3 is 4.57 Å². The summed E-state index contributed by atoms with van der Waals surface area (Å²) >= 11 is 0. The number of unbranched alkanes of at least 4 members (excludes halogenated alkanes) is 1. The third kappa shape index (κ3) is 5.61. The van der Waals surface area contributed by atoms with Crippen molar-refractivity contribution >= 4 is 12.2 Å². The molecular formula is C26H41N. The molecule has 0 N–H and O–H groups in total. The van der Waals surface area contributed by atoms with Crippen LogP contribution in [-0.2, 0) is 13.0 Å². The van der Waals surface area contributed by atoms with Gasteiger partial charge in [0.15, 0.2) is 0 Å². The van der Waals surface area contributed by atoms with Crippen molar-refractivity contribution in [1.29, 1.82) is 0 Å². The van der Waals surface area contributed by atoms with Crippen LogP contribution in [0.1, 0.15) is 73.8 Å². The molecule has 0 aliphatic heterocycles. The Labute approximate surface area is 167 Å². The highest BCUT2D eigenvalue weighted by molar-refractivity contribution is 5.67. The zero-order valence-corrected chi connectivity index (χ0v) is 19.0. The third-order valence-electron chi connectivity index (χ3n) is 5.24. The van der Waals surface area contributed by atoms with Crippen LogP contribution < -0.4 is 10.6 Å². The van der Waals surface area contributed by atoms with Gasteiger partial charge in [-0.05, 0) is 35.8 Å². The van der Waals surface area contributed by atoms with Crippen LogP contribution in [0.25, 0.3) is 23.3 Å². The van der Waals surface area contributed by atoms with E-state index in [2.05, 4.69) is 74.9 Å². The lowest BCUT2D eigenvalue weighted by atomic mass is 9.90. The Kier molecular flexibility index (Phi) is 10.2. The fraction of sp³-hybridized carbons (Fsp3) is 0.538. The number of hydrogen-bond donors (Lipinski definition) is 0. The van der Waals surface area contributed by atoms with Crippen molar-refractivity contribution in [2.24, 2.45) is 11.8 Å². The smallest absolute Gasteiger partial charge is 0.0446 e.